The number of benzene rings is 2. The summed E-state index contributed by atoms with van der Waals surface area (Å²) in [5, 5.41) is 7.17. The number of rotatable bonds is 7. The van der Waals surface area contributed by atoms with E-state index in [4.69, 9.17) is 0 Å². The Balaban J connectivity index is 1.42. The molecule has 5 heteroatoms. The van der Waals surface area contributed by atoms with Gasteiger partial charge in [-0.2, -0.15) is 0 Å². The van der Waals surface area contributed by atoms with Gasteiger partial charge in [0.2, 0.25) is 5.91 Å². The number of anilines is 1. The zero-order valence-corrected chi connectivity index (χ0v) is 21.4. The number of hydrogen-bond donors (Lipinski definition) is 2. The Hall–Kier alpha value is -2.21. The van der Waals surface area contributed by atoms with Gasteiger partial charge in [0.05, 0.1) is 0 Å². The Morgan fingerprint density at radius 2 is 1.62 bits per heavy atom. The molecule has 1 saturated heterocycles. The summed E-state index contributed by atoms with van der Waals surface area (Å²) >= 11 is 0. The molecule has 2 aliphatic rings. The summed E-state index contributed by atoms with van der Waals surface area (Å²) in [5.74, 6) is 0.136. The summed E-state index contributed by atoms with van der Waals surface area (Å²) in [6.45, 7) is 6.99. The first kappa shape index (κ1) is 24.9. The molecule has 1 aliphatic heterocycles. The van der Waals surface area contributed by atoms with Crippen LogP contribution in [0.25, 0.3) is 0 Å². The SMILES string of the molecule is Cc1cccc(C)c1NC(=O)C1(N(C)C)CCN([C@@H]2CCCC[C@H]2NCc2ccccc2)CC1. The zero-order valence-electron chi connectivity index (χ0n) is 21.4. The van der Waals surface area contributed by atoms with Gasteiger partial charge < -0.3 is 10.6 Å². The predicted octanol–water partition coefficient (Wildman–Crippen LogP) is 4.74. The number of carbonyl (C=O) groups excluding carboxylic acids is 1. The Morgan fingerprint density at radius 1 is 0.971 bits per heavy atom. The van der Waals surface area contributed by atoms with Crippen molar-refractivity contribution in [2.75, 3.05) is 32.5 Å². The highest BCUT2D eigenvalue weighted by Crippen LogP contribution is 2.34. The Labute approximate surface area is 205 Å². The van der Waals surface area contributed by atoms with E-state index >= 15 is 0 Å². The number of hydrogen-bond acceptors (Lipinski definition) is 4. The first-order valence-corrected chi connectivity index (χ1v) is 13.0. The minimum absolute atomic E-state index is 0.136. The molecule has 1 aliphatic carbocycles. The summed E-state index contributed by atoms with van der Waals surface area (Å²) in [5.41, 5.74) is 4.09. The lowest BCUT2D eigenvalue weighted by Crippen LogP contribution is -2.62. The van der Waals surface area contributed by atoms with E-state index in [-0.39, 0.29) is 5.91 Å². The maximum absolute atomic E-state index is 13.7. The van der Waals surface area contributed by atoms with E-state index < -0.39 is 5.54 Å². The third-order valence-corrected chi connectivity index (χ3v) is 8.23. The van der Waals surface area contributed by atoms with Gasteiger partial charge in [0.15, 0.2) is 0 Å². The van der Waals surface area contributed by atoms with E-state index in [1.807, 2.05) is 6.07 Å². The van der Waals surface area contributed by atoms with Crippen LogP contribution in [0, 0.1) is 13.8 Å². The van der Waals surface area contributed by atoms with Crippen molar-refractivity contribution in [3.05, 3.63) is 65.2 Å². The average molecular weight is 463 g/mol. The quantitative estimate of drug-likeness (QED) is 0.624. The first-order valence-electron chi connectivity index (χ1n) is 13.0. The zero-order chi connectivity index (χ0) is 24.1. The molecule has 0 aromatic heterocycles. The van der Waals surface area contributed by atoms with Crippen LogP contribution < -0.4 is 10.6 Å². The van der Waals surface area contributed by atoms with Crippen LogP contribution >= 0.6 is 0 Å². The maximum atomic E-state index is 13.7. The van der Waals surface area contributed by atoms with E-state index in [1.165, 1.54) is 31.2 Å². The molecule has 2 aromatic rings. The largest absolute Gasteiger partial charge is 0.324 e. The molecular formula is C29H42N4O. The third kappa shape index (κ3) is 5.37. The molecule has 0 spiro atoms. The van der Waals surface area contributed by atoms with Crippen LogP contribution in [-0.2, 0) is 11.3 Å². The van der Waals surface area contributed by atoms with Crippen LogP contribution in [0.3, 0.4) is 0 Å². The molecule has 184 valence electrons. The van der Waals surface area contributed by atoms with Gasteiger partial charge in [0.1, 0.15) is 5.54 Å². The fourth-order valence-electron chi connectivity index (χ4n) is 5.98. The van der Waals surface area contributed by atoms with Gasteiger partial charge in [-0.1, -0.05) is 61.4 Å². The minimum Gasteiger partial charge on any atom is -0.324 e. The van der Waals surface area contributed by atoms with Crippen LogP contribution in [0.4, 0.5) is 5.69 Å². The van der Waals surface area contributed by atoms with Gasteiger partial charge in [0.25, 0.3) is 0 Å². The number of likely N-dealkylation sites (N-methyl/N-ethyl adjacent to an activating group) is 1. The van der Waals surface area contributed by atoms with Gasteiger partial charge in [-0.3, -0.25) is 14.6 Å². The highest BCUT2D eigenvalue weighted by molar-refractivity contribution is 5.99. The fraction of sp³-hybridized carbons (Fsp3) is 0.552. The van der Waals surface area contributed by atoms with Gasteiger partial charge in [0, 0.05) is 37.4 Å². The van der Waals surface area contributed by atoms with Crippen molar-refractivity contribution >= 4 is 11.6 Å². The van der Waals surface area contributed by atoms with Crippen molar-refractivity contribution in [3.8, 4) is 0 Å². The fourth-order valence-corrected chi connectivity index (χ4v) is 5.98. The molecule has 1 heterocycles. The van der Waals surface area contributed by atoms with Crippen LogP contribution in [0.5, 0.6) is 0 Å². The number of piperidine rings is 1. The monoisotopic (exact) mass is 462 g/mol. The third-order valence-electron chi connectivity index (χ3n) is 8.23. The van der Waals surface area contributed by atoms with E-state index in [0.717, 1.165) is 49.3 Å². The highest BCUT2D eigenvalue weighted by atomic mass is 16.2. The molecule has 2 atom stereocenters. The second kappa shape index (κ2) is 11.0. The average Bonchev–Trinajstić information content (AvgIpc) is 2.85. The number of para-hydroxylation sites is 1. The van der Waals surface area contributed by atoms with Gasteiger partial charge >= 0.3 is 0 Å². The Morgan fingerprint density at radius 3 is 2.26 bits per heavy atom. The van der Waals surface area contributed by atoms with E-state index in [0.29, 0.717) is 12.1 Å². The van der Waals surface area contributed by atoms with Crippen LogP contribution in [0.2, 0.25) is 0 Å². The molecule has 2 aromatic carbocycles. The lowest BCUT2D eigenvalue weighted by Gasteiger charge is -2.49. The van der Waals surface area contributed by atoms with Crippen molar-refractivity contribution in [1.82, 2.24) is 15.1 Å². The Kier molecular flexibility index (Phi) is 8.07. The summed E-state index contributed by atoms with van der Waals surface area (Å²) in [6, 6.07) is 18.0. The second-order valence-corrected chi connectivity index (χ2v) is 10.5. The number of nitrogens with zero attached hydrogens (tertiary/aromatic N) is 2. The molecule has 0 radical (unpaired) electrons. The molecule has 0 bridgehead atoms. The minimum atomic E-state index is -0.465. The normalized spacial score (nSPS) is 23.1. The first-order chi connectivity index (χ1) is 16.4. The predicted molar refractivity (Wildman–Crippen MR) is 141 cm³/mol. The summed E-state index contributed by atoms with van der Waals surface area (Å²) in [6.07, 6.45) is 6.81. The van der Waals surface area contributed by atoms with Crippen molar-refractivity contribution in [3.63, 3.8) is 0 Å². The molecule has 34 heavy (non-hydrogen) atoms. The summed E-state index contributed by atoms with van der Waals surface area (Å²) in [4.78, 5) is 18.5. The molecule has 4 rings (SSSR count). The van der Waals surface area contributed by atoms with E-state index in [1.54, 1.807) is 0 Å². The molecule has 5 nitrogen and oxygen atoms in total. The summed E-state index contributed by atoms with van der Waals surface area (Å²) in [7, 11) is 4.12. The van der Waals surface area contributed by atoms with Crippen molar-refractivity contribution in [2.45, 2.75) is 76.5 Å². The molecule has 2 fully saturated rings. The number of nitrogens with one attached hydrogen (secondary N) is 2. The van der Waals surface area contributed by atoms with Crippen molar-refractivity contribution in [2.24, 2.45) is 0 Å². The smallest absolute Gasteiger partial charge is 0.244 e. The standard InChI is InChI=1S/C29H42N4O/c1-22-11-10-12-23(2)27(22)31-28(34)29(32(3)4)17-19-33(20-18-29)26-16-9-8-15-25(26)30-21-24-13-6-5-7-14-24/h5-7,10-14,25-26,30H,8-9,15-21H2,1-4H3,(H,31,34)/t25-,26-/m1/s1. The molecule has 0 unspecified atom stereocenters. The van der Waals surface area contributed by atoms with Gasteiger partial charge in [-0.25, -0.2) is 0 Å². The molecule has 2 N–H and O–H groups in total. The van der Waals surface area contributed by atoms with Crippen LogP contribution in [-0.4, -0.2) is 60.5 Å². The number of amides is 1. The highest BCUT2D eigenvalue weighted by Gasteiger charge is 2.45. The Bertz CT molecular complexity index is 930. The number of likely N-dealkylation sites (tertiary alicyclic amines) is 1. The lowest BCUT2D eigenvalue weighted by molar-refractivity contribution is -0.130. The van der Waals surface area contributed by atoms with E-state index in [2.05, 4.69) is 90.8 Å². The number of carbonyl (C=O) groups is 1. The van der Waals surface area contributed by atoms with Gasteiger partial charge in [-0.05, 0) is 70.3 Å². The summed E-state index contributed by atoms with van der Waals surface area (Å²) < 4.78 is 0. The lowest BCUT2D eigenvalue weighted by atomic mass is 9.82. The van der Waals surface area contributed by atoms with Crippen LogP contribution in [0.1, 0.15) is 55.2 Å². The maximum Gasteiger partial charge on any atom is 0.244 e. The molecule has 1 amide bonds. The van der Waals surface area contributed by atoms with Crippen molar-refractivity contribution < 1.29 is 4.79 Å². The van der Waals surface area contributed by atoms with Gasteiger partial charge in [-0.15, -0.1) is 0 Å². The van der Waals surface area contributed by atoms with E-state index in [9.17, 15) is 4.79 Å². The topological polar surface area (TPSA) is 47.6 Å². The second-order valence-electron chi connectivity index (χ2n) is 10.5. The molecule has 1 saturated carbocycles. The van der Waals surface area contributed by atoms with Crippen LogP contribution in [0.15, 0.2) is 48.5 Å². The number of aryl methyl sites for hydroxylation is 2. The molecular weight excluding hydrogens is 420 g/mol. The van der Waals surface area contributed by atoms with Crippen molar-refractivity contribution in [1.29, 1.82) is 0 Å².